The van der Waals surface area contributed by atoms with Crippen LogP contribution >= 0.6 is 0 Å². The van der Waals surface area contributed by atoms with Gasteiger partial charge in [0.15, 0.2) is 11.5 Å². The summed E-state index contributed by atoms with van der Waals surface area (Å²) in [7, 11) is 4.39. The van der Waals surface area contributed by atoms with Gasteiger partial charge in [0.1, 0.15) is 5.82 Å². The molecule has 0 radical (unpaired) electrons. The summed E-state index contributed by atoms with van der Waals surface area (Å²) < 4.78 is 29.8. The quantitative estimate of drug-likeness (QED) is 0.680. The molecule has 0 bridgehead atoms. The third-order valence-corrected chi connectivity index (χ3v) is 4.93. The summed E-state index contributed by atoms with van der Waals surface area (Å²) in [5, 5.41) is 2.63. The maximum absolute atomic E-state index is 14.0. The fraction of sp³-hybridized carbons (Fsp3) is 0.364. The van der Waals surface area contributed by atoms with Crippen molar-refractivity contribution in [1.29, 1.82) is 0 Å². The van der Waals surface area contributed by atoms with Crippen LogP contribution in [0.2, 0.25) is 0 Å². The topological polar surface area (TPSA) is 77.1 Å². The van der Waals surface area contributed by atoms with E-state index in [9.17, 15) is 14.0 Å². The van der Waals surface area contributed by atoms with E-state index in [2.05, 4.69) is 5.32 Å². The highest BCUT2D eigenvalue weighted by atomic mass is 19.1. The SMILES string of the molecule is COc1cc(C(=O)NCC(=O)N(Cc2ccccc2F)C2CC2)cc(OC)c1OC. The summed E-state index contributed by atoms with van der Waals surface area (Å²) in [6.07, 6.45) is 1.75. The van der Waals surface area contributed by atoms with Gasteiger partial charge in [-0.2, -0.15) is 0 Å². The minimum absolute atomic E-state index is 0.0789. The first kappa shape index (κ1) is 21.4. The molecule has 0 heterocycles. The van der Waals surface area contributed by atoms with Gasteiger partial charge in [0.2, 0.25) is 11.7 Å². The van der Waals surface area contributed by atoms with Crippen molar-refractivity contribution in [3.05, 3.63) is 53.3 Å². The summed E-state index contributed by atoms with van der Waals surface area (Å²) in [6.45, 7) is -0.0172. The van der Waals surface area contributed by atoms with Crippen molar-refractivity contribution in [2.75, 3.05) is 27.9 Å². The number of methoxy groups -OCH3 is 3. The highest BCUT2D eigenvalue weighted by molar-refractivity contribution is 5.97. The highest BCUT2D eigenvalue weighted by Crippen LogP contribution is 2.38. The van der Waals surface area contributed by atoms with Crippen molar-refractivity contribution in [2.45, 2.75) is 25.4 Å². The molecule has 3 rings (SSSR count). The minimum Gasteiger partial charge on any atom is -0.493 e. The summed E-state index contributed by atoms with van der Waals surface area (Å²) in [4.78, 5) is 27.0. The lowest BCUT2D eigenvalue weighted by Gasteiger charge is -2.23. The van der Waals surface area contributed by atoms with E-state index in [1.54, 1.807) is 23.1 Å². The van der Waals surface area contributed by atoms with Crippen molar-refractivity contribution in [2.24, 2.45) is 0 Å². The molecule has 8 heteroatoms. The van der Waals surface area contributed by atoms with E-state index in [1.165, 1.54) is 39.5 Å². The molecular formula is C22H25FN2O5. The van der Waals surface area contributed by atoms with E-state index in [1.807, 2.05) is 0 Å². The van der Waals surface area contributed by atoms with Crippen LogP contribution in [0.25, 0.3) is 0 Å². The molecule has 2 aromatic rings. The summed E-state index contributed by atoms with van der Waals surface area (Å²) >= 11 is 0. The lowest BCUT2D eigenvalue weighted by atomic mass is 10.1. The molecule has 0 aromatic heterocycles. The van der Waals surface area contributed by atoms with Crippen LogP contribution in [0, 0.1) is 5.82 Å². The number of amides is 2. The van der Waals surface area contributed by atoms with Crippen LogP contribution in [-0.2, 0) is 11.3 Å². The molecule has 1 N–H and O–H groups in total. The van der Waals surface area contributed by atoms with Gasteiger partial charge >= 0.3 is 0 Å². The van der Waals surface area contributed by atoms with Gasteiger partial charge in [-0.05, 0) is 31.0 Å². The van der Waals surface area contributed by atoms with Gasteiger partial charge in [-0.25, -0.2) is 4.39 Å². The van der Waals surface area contributed by atoms with Crippen LogP contribution in [0.3, 0.4) is 0 Å². The molecule has 2 aromatic carbocycles. The number of benzene rings is 2. The van der Waals surface area contributed by atoms with Gasteiger partial charge in [-0.1, -0.05) is 18.2 Å². The Morgan fingerprint density at radius 3 is 2.23 bits per heavy atom. The van der Waals surface area contributed by atoms with Gasteiger partial charge in [0, 0.05) is 23.7 Å². The van der Waals surface area contributed by atoms with Crippen LogP contribution in [0.4, 0.5) is 4.39 Å². The van der Waals surface area contributed by atoms with E-state index in [0.29, 0.717) is 22.8 Å². The molecule has 2 amide bonds. The van der Waals surface area contributed by atoms with Crippen molar-refractivity contribution in [1.82, 2.24) is 10.2 Å². The predicted octanol–water partition coefficient (Wildman–Crippen LogP) is 2.77. The first-order chi connectivity index (χ1) is 14.5. The number of hydrogen-bond donors (Lipinski definition) is 1. The molecule has 1 saturated carbocycles. The zero-order valence-corrected chi connectivity index (χ0v) is 17.2. The predicted molar refractivity (Wildman–Crippen MR) is 108 cm³/mol. The van der Waals surface area contributed by atoms with Crippen molar-refractivity contribution in [3.63, 3.8) is 0 Å². The molecule has 1 aliphatic carbocycles. The number of ether oxygens (including phenoxy) is 3. The Kier molecular flexibility index (Phi) is 6.76. The highest BCUT2D eigenvalue weighted by Gasteiger charge is 2.33. The molecule has 0 aliphatic heterocycles. The van der Waals surface area contributed by atoms with Crippen LogP contribution in [0.5, 0.6) is 17.2 Å². The third kappa shape index (κ3) is 4.82. The van der Waals surface area contributed by atoms with Gasteiger partial charge in [-0.3, -0.25) is 9.59 Å². The van der Waals surface area contributed by atoms with E-state index in [0.717, 1.165) is 12.8 Å². The maximum Gasteiger partial charge on any atom is 0.251 e. The Balaban J connectivity index is 1.68. The van der Waals surface area contributed by atoms with Crippen molar-refractivity contribution < 1.29 is 28.2 Å². The zero-order valence-electron chi connectivity index (χ0n) is 17.2. The third-order valence-electron chi connectivity index (χ3n) is 4.93. The molecular weight excluding hydrogens is 391 g/mol. The Labute approximate surface area is 174 Å². The Morgan fingerprint density at radius 2 is 1.70 bits per heavy atom. The largest absolute Gasteiger partial charge is 0.493 e. The first-order valence-electron chi connectivity index (χ1n) is 9.59. The molecule has 0 spiro atoms. The molecule has 0 saturated heterocycles. The van der Waals surface area contributed by atoms with Crippen molar-refractivity contribution in [3.8, 4) is 17.2 Å². The molecule has 160 valence electrons. The van der Waals surface area contributed by atoms with Crippen molar-refractivity contribution >= 4 is 11.8 Å². The molecule has 1 aliphatic rings. The number of nitrogens with one attached hydrogen (secondary N) is 1. The zero-order chi connectivity index (χ0) is 21.7. The van der Waals surface area contributed by atoms with Gasteiger partial charge in [0.05, 0.1) is 27.9 Å². The van der Waals surface area contributed by atoms with Gasteiger partial charge in [-0.15, -0.1) is 0 Å². The minimum atomic E-state index is -0.454. The summed E-state index contributed by atoms with van der Waals surface area (Å²) in [5.41, 5.74) is 0.720. The molecule has 0 atom stereocenters. The monoisotopic (exact) mass is 416 g/mol. The normalized spacial score (nSPS) is 12.8. The lowest BCUT2D eigenvalue weighted by molar-refractivity contribution is -0.131. The second-order valence-corrected chi connectivity index (χ2v) is 6.94. The lowest BCUT2D eigenvalue weighted by Crippen LogP contribution is -2.41. The van der Waals surface area contributed by atoms with Crippen LogP contribution < -0.4 is 19.5 Å². The number of hydrogen-bond acceptors (Lipinski definition) is 5. The Hall–Kier alpha value is -3.29. The Morgan fingerprint density at radius 1 is 1.07 bits per heavy atom. The van der Waals surface area contributed by atoms with E-state index in [-0.39, 0.29) is 36.4 Å². The first-order valence-corrected chi connectivity index (χ1v) is 9.59. The number of carbonyl (C=O) groups is 2. The van der Waals surface area contributed by atoms with E-state index >= 15 is 0 Å². The standard InChI is InChI=1S/C22H25FN2O5/c1-28-18-10-15(11-19(29-2)21(18)30-3)22(27)24-12-20(26)25(16-8-9-16)13-14-6-4-5-7-17(14)23/h4-7,10-11,16H,8-9,12-13H2,1-3H3,(H,24,27). The smallest absolute Gasteiger partial charge is 0.251 e. The van der Waals surface area contributed by atoms with E-state index < -0.39 is 5.91 Å². The van der Waals surface area contributed by atoms with Crippen LogP contribution in [-0.4, -0.2) is 50.6 Å². The summed E-state index contributed by atoms with van der Waals surface area (Å²) in [6, 6.07) is 9.48. The number of rotatable bonds is 9. The number of nitrogens with zero attached hydrogens (tertiary/aromatic N) is 1. The number of carbonyl (C=O) groups excluding carboxylic acids is 2. The van der Waals surface area contributed by atoms with Gasteiger partial charge in [0.25, 0.3) is 5.91 Å². The summed E-state index contributed by atoms with van der Waals surface area (Å²) in [5.74, 6) is -0.0133. The maximum atomic E-state index is 14.0. The molecule has 7 nitrogen and oxygen atoms in total. The second kappa shape index (κ2) is 9.47. The average Bonchev–Trinajstić information content (AvgIpc) is 3.60. The number of halogens is 1. The fourth-order valence-corrected chi connectivity index (χ4v) is 3.19. The van der Waals surface area contributed by atoms with Crippen LogP contribution in [0.1, 0.15) is 28.8 Å². The van der Waals surface area contributed by atoms with Gasteiger partial charge < -0.3 is 24.4 Å². The molecule has 1 fully saturated rings. The molecule has 30 heavy (non-hydrogen) atoms. The van der Waals surface area contributed by atoms with E-state index in [4.69, 9.17) is 14.2 Å². The molecule has 0 unspecified atom stereocenters. The Bertz CT molecular complexity index is 904. The fourth-order valence-electron chi connectivity index (χ4n) is 3.19. The van der Waals surface area contributed by atoms with Crippen LogP contribution in [0.15, 0.2) is 36.4 Å². The average molecular weight is 416 g/mol. The second-order valence-electron chi connectivity index (χ2n) is 6.94.